The minimum atomic E-state index is -0.842. The summed E-state index contributed by atoms with van der Waals surface area (Å²) in [5.41, 5.74) is 0.907. The maximum absolute atomic E-state index is 12.4. The summed E-state index contributed by atoms with van der Waals surface area (Å²) >= 11 is 1.05. The molecule has 1 fully saturated rings. The van der Waals surface area contributed by atoms with Crippen LogP contribution in [0, 0.1) is 5.92 Å². The van der Waals surface area contributed by atoms with Crippen LogP contribution in [0.1, 0.15) is 26.0 Å². The first kappa shape index (κ1) is 19.0. The fourth-order valence-electron chi connectivity index (χ4n) is 2.41. The molecule has 1 aromatic rings. The third-order valence-electron chi connectivity index (χ3n) is 3.82. The fraction of sp³-hybridized carbons (Fsp3) is 0.500. The van der Waals surface area contributed by atoms with E-state index in [-0.39, 0.29) is 11.2 Å². The SMILES string of the molecule is CC(C)C(NC(=O)SCc1ccc[nH]1)C(=O)NC1CCNC(=O)C1=O. The molecule has 1 aliphatic heterocycles. The van der Waals surface area contributed by atoms with Gasteiger partial charge in [-0.05, 0) is 24.5 Å². The van der Waals surface area contributed by atoms with Crippen LogP contribution < -0.4 is 16.0 Å². The number of rotatable bonds is 6. The van der Waals surface area contributed by atoms with Crippen molar-refractivity contribution in [3.05, 3.63) is 24.0 Å². The van der Waals surface area contributed by atoms with E-state index in [1.165, 1.54) is 0 Å². The normalized spacial score (nSPS) is 18.6. The molecular weight excluding hydrogens is 344 g/mol. The summed E-state index contributed by atoms with van der Waals surface area (Å²) < 4.78 is 0. The number of thioether (sulfide) groups is 1. The molecule has 9 heteroatoms. The number of carbonyl (C=O) groups is 4. The molecule has 8 nitrogen and oxygen atoms in total. The van der Waals surface area contributed by atoms with Gasteiger partial charge in [-0.3, -0.25) is 19.2 Å². The van der Waals surface area contributed by atoms with Crippen molar-refractivity contribution in [2.75, 3.05) is 6.54 Å². The van der Waals surface area contributed by atoms with Crippen LogP contribution in [-0.4, -0.2) is 46.4 Å². The van der Waals surface area contributed by atoms with Crippen LogP contribution in [0.2, 0.25) is 0 Å². The number of aromatic amines is 1. The Balaban J connectivity index is 1.90. The molecule has 1 saturated heterocycles. The lowest BCUT2D eigenvalue weighted by Gasteiger charge is -2.26. The Labute approximate surface area is 149 Å². The molecule has 2 rings (SSSR count). The minimum Gasteiger partial charge on any atom is -0.364 e. The first-order chi connectivity index (χ1) is 11.9. The lowest BCUT2D eigenvalue weighted by Crippen LogP contribution is -2.57. The zero-order valence-corrected chi connectivity index (χ0v) is 14.9. The van der Waals surface area contributed by atoms with Crippen molar-refractivity contribution < 1.29 is 19.2 Å². The maximum Gasteiger partial charge on any atom is 0.289 e. The molecule has 0 spiro atoms. The summed E-state index contributed by atoms with van der Waals surface area (Å²) in [6.07, 6.45) is 2.12. The van der Waals surface area contributed by atoms with E-state index in [4.69, 9.17) is 0 Å². The number of amides is 3. The summed E-state index contributed by atoms with van der Waals surface area (Å²) in [5, 5.41) is 7.37. The predicted octanol–water partition coefficient (Wildman–Crippen LogP) is 0.556. The lowest BCUT2D eigenvalue weighted by atomic mass is 10.0. The van der Waals surface area contributed by atoms with Crippen LogP contribution in [0.4, 0.5) is 4.79 Å². The van der Waals surface area contributed by atoms with E-state index in [1.807, 2.05) is 12.1 Å². The Morgan fingerprint density at radius 1 is 1.36 bits per heavy atom. The van der Waals surface area contributed by atoms with E-state index in [9.17, 15) is 19.2 Å². The van der Waals surface area contributed by atoms with Crippen molar-refractivity contribution in [2.24, 2.45) is 5.92 Å². The van der Waals surface area contributed by atoms with Crippen LogP contribution in [0.3, 0.4) is 0 Å². The van der Waals surface area contributed by atoms with E-state index in [0.29, 0.717) is 18.7 Å². The van der Waals surface area contributed by atoms with E-state index >= 15 is 0 Å². The Morgan fingerprint density at radius 2 is 2.12 bits per heavy atom. The number of ketones is 1. The van der Waals surface area contributed by atoms with E-state index in [1.54, 1.807) is 20.0 Å². The van der Waals surface area contributed by atoms with Crippen LogP contribution in [0.15, 0.2) is 18.3 Å². The largest absolute Gasteiger partial charge is 0.364 e. The minimum absolute atomic E-state index is 0.164. The van der Waals surface area contributed by atoms with Crippen molar-refractivity contribution >= 4 is 34.6 Å². The van der Waals surface area contributed by atoms with Gasteiger partial charge in [-0.2, -0.15) is 0 Å². The summed E-state index contributed by atoms with van der Waals surface area (Å²) in [5.74, 6) is -1.51. The Morgan fingerprint density at radius 3 is 2.76 bits per heavy atom. The van der Waals surface area contributed by atoms with E-state index in [0.717, 1.165) is 17.5 Å². The van der Waals surface area contributed by atoms with Crippen molar-refractivity contribution in [2.45, 2.75) is 38.1 Å². The highest BCUT2D eigenvalue weighted by Crippen LogP contribution is 2.13. The second-order valence-electron chi connectivity index (χ2n) is 6.11. The standard InChI is InChI=1S/C16H22N4O4S/c1-9(2)12(20-16(24)25-8-10-4-3-6-17-10)14(22)19-11-5-7-18-15(23)13(11)21/h3-4,6,9,11-12,17H,5,7-8H2,1-2H3,(H,18,23)(H,19,22)(H,20,24). The maximum atomic E-state index is 12.4. The molecule has 3 amide bonds. The average molecular weight is 366 g/mol. The van der Waals surface area contributed by atoms with Gasteiger partial charge in [-0.15, -0.1) is 0 Å². The Hall–Kier alpha value is -2.29. The van der Waals surface area contributed by atoms with Gasteiger partial charge in [-0.25, -0.2) is 0 Å². The molecule has 4 N–H and O–H groups in total. The van der Waals surface area contributed by atoms with Crippen molar-refractivity contribution in [3.63, 3.8) is 0 Å². The van der Waals surface area contributed by atoms with Gasteiger partial charge < -0.3 is 20.9 Å². The molecule has 0 radical (unpaired) electrons. The Bertz CT molecular complexity index is 645. The number of hydrogen-bond donors (Lipinski definition) is 4. The first-order valence-corrected chi connectivity index (χ1v) is 9.05. The third kappa shape index (κ3) is 5.35. The summed E-state index contributed by atoms with van der Waals surface area (Å²) in [6.45, 7) is 3.94. The smallest absolute Gasteiger partial charge is 0.289 e. The molecule has 2 atom stereocenters. The van der Waals surface area contributed by atoms with Crippen LogP contribution in [0.5, 0.6) is 0 Å². The highest BCUT2D eigenvalue weighted by Gasteiger charge is 2.33. The number of nitrogens with one attached hydrogen (secondary N) is 4. The second kappa shape index (κ2) is 8.70. The molecule has 1 aromatic heterocycles. The van der Waals surface area contributed by atoms with Gasteiger partial charge in [0.15, 0.2) is 0 Å². The van der Waals surface area contributed by atoms with Gasteiger partial charge in [-0.1, -0.05) is 25.6 Å². The monoisotopic (exact) mass is 366 g/mol. The summed E-state index contributed by atoms with van der Waals surface area (Å²) in [4.78, 5) is 50.7. The van der Waals surface area contributed by atoms with Gasteiger partial charge in [0.2, 0.25) is 11.7 Å². The molecular formula is C16H22N4O4S. The highest BCUT2D eigenvalue weighted by atomic mass is 32.2. The fourth-order valence-corrected chi connectivity index (χ4v) is 3.09. The quantitative estimate of drug-likeness (QED) is 0.548. The average Bonchev–Trinajstić information content (AvgIpc) is 3.08. The van der Waals surface area contributed by atoms with E-state index in [2.05, 4.69) is 20.9 Å². The molecule has 0 saturated carbocycles. The summed E-state index contributed by atoms with van der Waals surface area (Å²) in [7, 11) is 0. The van der Waals surface area contributed by atoms with Crippen molar-refractivity contribution in [3.8, 4) is 0 Å². The number of piperidine rings is 1. The van der Waals surface area contributed by atoms with Gasteiger partial charge in [0, 0.05) is 24.2 Å². The number of aromatic nitrogens is 1. The topological polar surface area (TPSA) is 120 Å². The molecule has 2 heterocycles. The number of hydrogen-bond acceptors (Lipinski definition) is 5. The molecule has 25 heavy (non-hydrogen) atoms. The zero-order valence-electron chi connectivity index (χ0n) is 14.1. The van der Waals surface area contributed by atoms with Gasteiger partial charge in [0.1, 0.15) is 6.04 Å². The van der Waals surface area contributed by atoms with E-state index < -0.39 is 29.7 Å². The van der Waals surface area contributed by atoms with Gasteiger partial charge in [0.25, 0.3) is 11.1 Å². The van der Waals surface area contributed by atoms with Crippen molar-refractivity contribution in [1.29, 1.82) is 0 Å². The molecule has 136 valence electrons. The second-order valence-corrected chi connectivity index (χ2v) is 7.06. The Kier molecular flexibility index (Phi) is 6.63. The number of H-pyrrole nitrogens is 1. The van der Waals surface area contributed by atoms with Crippen LogP contribution >= 0.6 is 11.8 Å². The first-order valence-electron chi connectivity index (χ1n) is 8.06. The van der Waals surface area contributed by atoms with Gasteiger partial charge >= 0.3 is 0 Å². The summed E-state index contributed by atoms with van der Waals surface area (Å²) in [6, 6.07) is 2.09. The number of Topliss-reactive ketones (excluding diaryl/α,β-unsaturated/α-hetero) is 1. The molecule has 0 aromatic carbocycles. The zero-order chi connectivity index (χ0) is 18.4. The predicted molar refractivity (Wildman–Crippen MR) is 93.8 cm³/mol. The lowest BCUT2D eigenvalue weighted by molar-refractivity contribution is -0.142. The molecule has 0 bridgehead atoms. The highest BCUT2D eigenvalue weighted by molar-refractivity contribution is 8.12. The third-order valence-corrected chi connectivity index (χ3v) is 4.65. The number of carbonyl (C=O) groups excluding carboxylic acids is 4. The molecule has 0 aliphatic carbocycles. The molecule has 2 unspecified atom stereocenters. The van der Waals surface area contributed by atoms with Crippen LogP contribution in [0.25, 0.3) is 0 Å². The van der Waals surface area contributed by atoms with Gasteiger partial charge in [0.05, 0.1) is 6.04 Å². The van der Waals surface area contributed by atoms with Crippen LogP contribution in [-0.2, 0) is 20.1 Å². The molecule has 1 aliphatic rings. The van der Waals surface area contributed by atoms with Crippen molar-refractivity contribution in [1.82, 2.24) is 20.9 Å².